The van der Waals surface area contributed by atoms with Crippen LogP contribution in [-0.4, -0.2) is 9.78 Å². The van der Waals surface area contributed by atoms with Crippen molar-refractivity contribution in [2.45, 2.75) is 24.5 Å². The number of benzene rings is 1. The van der Waals surface area contributed by atoms with Gasteiger partial charge in [-0.3, -0.25) is 4.68 Å². The van der Waals surface area contributed by atoms with Gasteiger partial charge in [0, 0.05) is 17.7 Å². The maximum Gasteiger partial charge on any atom is 0.0738 e. The van der Waals surface area contributed by atoms with Crippen molar-refractivity contribution in [3.63, 3.8) is 0 Å². The second-order valence-corrected chi connectivity index (χ2v) is 5.83. The molecular formula is C13H15BrN2S. The first-order chi connectivity index (χ1) is 8.09. The third-order valence-corrected chi connectivity index (χ3v) is 4.94. The molecule has 2 rings (SSSR count). The fourth-order valence-electron chi connectivity index (χ4n) is 1.70. The van der Waals surface area contributed by atoms with Gasteiger partial charge in [-0.1, -0.05) is 18.2 Å². The molecule has 4 heteroatoms. The highest BCUT2D eigenvalue weighted by Gasteiger charge is 2.11. The van der Waals surface area contributed by atoms with E-state index in [1.54, 1.807) is 0 Å². The standard InChI is InChI=1S/C13H15BrN2S/c1-9-6-4-5-7-12(9)17-8-11-13(14)10(2)15-16(11)3/h4-7H,8H2,1-3H3. The maximum absolute atomic E-state index is 4.40. The molecule has 0 atom stereocenters. The third kappa shape index (κ3) is 2.75. The minimum absolute atomic E-state index is 0.933. The quantitative estimate of drug-likeness (QED) is 0.795. The van der Waals surface area contributed by atoms with Gasteiger partial charge in [0.25, 0.3) is 0 Å². The van der Waals surface area contributed by atoms with Gasteiger partial charge in [-0.2, -0.15) is 5.10 Å². The van der Waals surface area contributed by atoms with Crippen LogP contribution in [0.2, 0.25) is 0 Å². The summed E-state index contributed by atoms with van der Waals surface area (Å²) in [5.41, 5.74) is 3.61. The first-order valence-corrected chi connectivity index (χ1v) is 7.24. The largest absolute Gasteiger partial charge is 0.270 e. The van der Waals surface area contributed by atoms with Crippen molar-refractivity contribution in [2.24, 2.45) is 7.05 Å². The van der Waals surface area contributed by atoms with Crippen LogP contribution in [0, 0.1) is 13.8 Å². The molecule has 2 nitrogen and oxygen atoms in total. The summed E-state index contributed by atoms with van der Waals surface area (Å²) < 4.78 is 3.08. The molecule has 0 radical (unpaired) electrons. The van der Waals surface area contributed by atoms with E-state index in [0.29, 0.717) is 0 Å². The molecule has 0 saturated carbocycles. The van der Waals surface area contributed by atoms with E-state index in [-0.39, 0.29) is 0 Å². The minimum atomic E-state index is 0.933. The Morgan fingerprint density at radius 1 is 1.29 bits per heavy atom. The van der Waals surface area contributed by atoms with E-state index >= 15 is 0 Å². The van der Waals surface area contributed by atoms with Gasteiger partial charge in [0.1, 0.15) is 0 Å². The zero-order valence-corrected chi connectivity index (χ0v) is 12.6. The summed E-state index contributed by atoms with van der Waals surface area (Å²) in [7, 11) is 1.99. The van der Waals surface area contributed by atoms with E-state index in [4.69, 9.17) is 0 Å². The summed E-state index contributed by atoms with van der Waals surface area (Å²) in [5.74, 6) is 0.933. The Morgan fingerprint density at radius 2 is 2.00 bits per heavy atom. The van der Waals surface area contributed by atoms with Crippen LogP contribution in [0.3, 0.4) is 0 Å². The van der Waals surface area contributed by atoms with Gasteiger partial charge < -0.3 is 0 Å². The Balaban J connectivity index is 2.15. The highest BCUT2D eigenvalue weighted by Crippen LogP contribution is 2.29. The summed E-state index contributed by atoms with van der Waals surface area (Å²) >= 11 is 5.45. The number of aryl methyl sites for hydroxylation is 3. The number of aromatic nitrogens is 2. The first kappa shape index (κ1) is 12.7. The molecule has 0 aliphatic rings. The summed E-state index contributed by atoms with van der Waals surface area (Å²) in [4.78, 5) is 1.33. The highest BCUT2D eigenvalue weighted by molar-refractivity contribution is 9.10. The highest BCUT2D eigenvalue weighted by atomic mass is 79.9. The fourth-order valence-corrected chi connectivity index (χ4v) is 3.46. The zero-order valence-electron chi connectivity index (χ0n) is 10.2. The summed E-state index contributed by atoms with van der Waals surface area (Å²) in [6, 6.07) is 8.46. The Labute approximate surface area is 115 Å². The van der Waals surface area contributed by atoms with E-state index in [1.807, 2.05) is 30.4 Å². The van der Waals surface area contributed by atoms with Crippen LogP contribution in [0.4, 0.5) is 0 Å². The molecule has 0 aliphatic heterocycles. The molecule has 0 fully saturated rings. The average molecular weight is 311 g/mol. The lowest BCUT2D eigenvalue weighted by Crippen LogP contribution is -1.96. The number of thioether (sulfide) groups is 1. The minimum Gasteiger partial charge on any atom is -0.270 e. The number of halogens is 1. The summed E-state index contributed by atoms with van der Waals surface area (Å²) in [6.45, 7) is 4.16. The van der Waals surface area contributed by atoms with Crippen LogP contribution in [0.15, 0.2) is 33.6 Å². The molecule has 0 N–H and O–H groups in total. The molecule has 0 unspecified atom stereocenters. The lowest BCUT2D eigenvalue weighted by Gasteiger charge is -2.06. The van der Waals surface area contributed by atoms with Crippen LogP contribution < -0.4 is 0 Å². The van der Waals surface area contributed by atoms with Crippen LogP contribution in [-0.2, 0) is 12.8 Å². The van der Waals surface area contributed by atoms with E-state index < -0.39 is 0 Å². The van der Waals surface area contributed by atoms with Gasteiger partial charge in [-0.25, -0.2) is 0 Å². The summed E-state index contributed by atoms with van der Waals surface area (Å²) in [5, 5.41) is 4.40. The molecule has 0 saturated heterocycles. The van der Waals surface area contributed by atoms with Crippen molar-refractivity contribution in [3.05, 3.63) is 45.7 Å². The molecule has 2 aromatic rings. The molecule has 1 aromatic carbocycles. The van der Waals surface area contributed by atoms with Crippen molar-refractivity contribution in [3.8, 4) is 0 Å². The molecule has 0 spiro atoms. The van der Waals surface area contributed by atoms with Crippen LogP contribution in [0.5, 0.6) is 0 Å². The van der Waals surface area contributed by atoms with Crippen LogP contribution >= 0.6 is 27.7 Å². The molecule has 90 valence electrons. The maximum atomic E-state index is 4.40. The topological polar surface area (TPSA) is 17.8 Å². The van der Waals surface area contributed by atoms with Gasteiger partial charge >= 0.3 is 0 Å². The second kappa shape index (κ2) is 5.27. The van der Waals surface area contributed by atoms with Crippen molar-refractivity contribution < 1.29 is 0 Å². The van der Waals surface area contributed by atoms with E-state index in [2.05, 4.69) is 52.2 Å². The Bertz CT molecular complexity index is 534. The molecule has 0 bridgehead atoms. The molecule has 17 heavy (non-hydrogen) atoms. The second-order valence-electron chi connectivity index (χ2n) is 4.02. The predicted octanol–water partition coefficient (Wildman–Crippen LogP) is 4.09. The van der Waals surface area contributed by atoms with Gasteiger partial charge in [-0.15, -0.1) is 11.8 Å². The Kier molecular flexibility index (Phi) is 3.94. The molecule has 1 heterocycles. The van der Waals surface area contributed by atoms with Gasteiger partial charge in [0.15, 0.2) is 0 Å². The SMILES string of the molecule is Cc1ccccc1SCc1c(Br)c(C)nn1C. The smallest absolute Gasteiger partial charge is 0.0738 e. The van der Waals surface area contributed by atoms with Crippen LogP contribution in [0.25, 0.3) is 0 Å². The Hall–Kier alpha value is -0.740. The number of hydrogen-bond acceptors (Lipinski definition) is 2. The fraction of sp³-hybridized carbons (Fsp3) is 0.308. The van der Waals surface area contributed by atoms with E-state index in [0.717, 1.165) is 15.9 Å². The lowest BCUT2D eigenvalue weighted by atomic mass is 10.2. The number of hydrogen-bond donors (Lipinski definition) is 0. The van der Waals surface area contributed by atoms with Crippen molar-refractivity contribution >= 4 is 27.7 Å². The first-order valence-electron chi connectivity index (χ1n) is 5.46. The summed E-state index contributed by atoms with van der Waals surface area (Å²) in [6.07, 6.45) is 0. The van der Waals surface area contributed by atoms with E-state index in [9.17, 15) is 0 Å². The Morgan fingerprint density at radius 3 is 2.59 bits per heavy atom. The molecule has 0 amide bonds. The molecule has 0 aliphatic carbocycles. The van der Waals surface area contributed by atoms with Gasteiger partial charge in [0.05, 0.1) is 15.9 Å². The predicted molar refractivity (Wildman–Crippen MR) is 76.4 cm³/mol. The average Bonchev–Trinajstić information content (AvgIpc) is 2.53. The third-order valence-electron chi connectivity index (χ3n) is 2.72. The van der Waals surface area contributed by atoms with Crippen molar-refractivity contribution in [2.75, 3.05) is 0 Å². The monoisotopic (exact) mass is 310 g/mol. The zero-order chi connectivity index (χ0) is 12.4. The molecular weight excluding hydrogens is 296 g/mol. The van der Waals surface area contributed by atoms with Crippen LogP contribution in [0.1, 0.15) is 17.0 Å². The number of nitrogens with zero attached hydrogens (tertiary/aromatic N) is 2. The van der Waals surface area contributed by atoms with Crippen molar-refractivity contribution in [1.29, 1.82) is 0 Å². The normalized spacial score (nSPS) is 10.8. The van der Waals surface area contributed by atoms with Crippen molar-refractivity contribution in [1.82, 2.24) is 9.78 Å². The molecule has 1 aromatic heterocycles. The van der Waals surface area contributed by atoms with Gasteiger partial charge in [0.2, 0.25) is 0 Å². The van der Waals surface area contributed by atoms with Gasteiger partial charge in [-0.05, 0) is 41.4 Å². The van der Waals surface area contributed by atoms with E-state index in [1.165, 1.54) is 16.2 Å². The number of rotatable bonds is 3. The lowest BCUT2D eigenvalue weighted by molar-refractivity contribution is 0.727.